The van der Waals surface area contributed by atoms with Gasteiger partial charge >= 0.3 is 0 Å². The first-order valence-corrected chi connectivity index (χ1v) is 11.4. The van der Waals surface area contributed by atoms with Crippen LogP contribution in [0.4, 0.5) is 5.69 Å². The van der Waals surface area contributed by atoms with Crippen LogP contribution in [-0.2, 0) is 16.1 Å². The zero-order chi connectivity index (χ0) is 20.3. The SMILES string of the molecule is COCCOCc1cc(N(C2CCC2)C2CCC2)c2[nH]c(-c3ccccc3)cc2c1. The normalized spacial score (nSPS) is 17.1. The van der Waals surface area contributed by atoms with E-state index in [0.29, 0.717) is 31.9 Å². The van der Waals surface area contributed by atoms with Gasteiger partial charge in [-0.2, -0.15) is 0 Å². The van der Waals surface area contributed by atoms with Crippen LogP contribution < -0.4 is 4.90 Å². The molecule has 4 heteroatoms. The fourth-order valence-electron chi connectivity index (χ4n) is 4.70. The fourth-order valence-corrected chi connectivity index (χ4v) is 4.70. The van der Waals surface area contributed by atoms with Crippen LogP contribution in [0.1, 0.15) is 44.1 Å². The number of aromatic nitrogens is 1. The Morgan fingerprint density at radius 2 is 1.67 bits per heavy atom. The Hall–Kier alpha value is -2.30. The molecule has 0 radical (unpaired) electrons. The molecule has 2 aliphatic rings. The highest BCUT2D eigenvalue weighted by Crippen LogP contribution is 2.41. The molecule has 2 saturated carbocycles. The number of fused-ring (bicyclic) bond motifs is 1. The van der Waals surface area contributed by atoms with Crippen molar-refractivity contribution in [3.05, 3.63) is 54.1 Å². The highest BCUT2D eigenvalue weighted by atomic mass is 16.5. The molecule has 5 rings (SSSR count). The average Bonchev–Trinajstić information content (AvgIpc) is 3.12. The molecule has 0 aliphatic heterocycles. The quantitative estimate of drug-likeness (QED) is 0.451. The molecule has 4 nitrogen and oxygen atoms in total. The molecule has 1 aromatic heterocycles. The van der Waals surface area contributed by atoms with Crippen molar-refractivity contribution in [2.45, 2.75) is 57.2 Å². The largest absolute Gasteiger partial charge is 0.382 e. The molecule has 0 amide bonds. The number of rotatable bonds is 9. The van der Waals surface area contributed by atoms with Crippen LogP contribution in [0.3, 0.4) is 0 Å². The first kappa shape index (κ1) is 19.7. The third-order valence-electron chi connectivity index (χ3n) is 6.77. The summed E-state index contributed by atoms with van der Waals surface area (Å²) in [7, 11) is 1.72. The summed E-state index contributed by atoms with van der Waals surface area (Å²) in [6, 6.07) is 19.0. The number of methoxy groups -OCH3 is 1. The second-order valence-electron chi connectivity index (χ2n) is 8.75. The van der Waals surface area contributed by atoms with E-state index >= 15 is 0 Å². The van der Waals surface area contributed by atoms with Crippen LogP contribution in [-0.4, -0.2) is 37.4 Å². The van der Waals surface area contributed by atoms with E-state index in [1.54, 1.807) is 7.11 Å². The summed E-state index contributed by atoms with van der Waals surface area (Å²) in [6.45, 7) is 1.89. The first-order valence-electron chi connectivity index (χ1n) is 11.4. The van der Waals surface area contributed by atoms with Crippen LogP contribution in [0, 0.1) is 0 Å². The molecule has 158 valence electrons. The van der Waals surface area contributed by atoms with E-state index in [1.807, 2.05) is 0 Å². The fraction of sp³-hybridized carbons (Fsp3) is 0.462. The van der Waals surface area contributed by atoms with E-state index in [0.717, 1.165) is 0 Å². The summed E-state index contributed by atoms with van der Waals surface area (Å²) < 4.78 is 11.0. The van der Waals surface area contributed by atoms with E-state index in [9.17, 15) is 0 Å². The summed E-state index contributed by atoms with van der Waals surface area (Å²) in [5, 5.41) is 1.28. The number of hydrogen-bond donors (Lipinski definition) is 1. The Kier molecular flexibility index (Phi) is 5.78. The summed E-state index contributed by atoms with van der Waals surface area (Å²) in [6.07, 6.45) is 7.99. The van der Waals surface area contributed by atoms with Crippen molar-refractivity contribution >= 4 is 16.6 Å². The van der Waals surface area contributed by atoms with Gasteiger partial charge in [-0.25, -0.2) is 0 Å². The summed E-state index contributed by atoms with van der Waals surface area (Å²) >= 11 is 0. The number of nitrogens with zero attached hydrogens (tertiary/aromatic N) is 1. The van der Waals surface area contributed by atoms with Crippen LogP contribution in [0.5, 0.6) is 0 Å². The van der Waals surface area contributed by atoms with Gasteiger partial charge in [-0.1, -0.05) is 30.3 Å². The van der Waals surface area contributed by atoms with E-state index in [-0.39, 0.29) is 0 Å². The number of anilines is 1. The summed E-state index contributed by atoms with van der Waals surface area (Å²) in [4.78, 5) is 6.52. The van der Waals surface area contributed by atoms with Gasteiger partial charge in [0, 0.05) is 30.3 Å². The molecule has 2 fully saturated rings. The van der Waals surface area contributed by atoms with Crippen molar-refractivity contribution in [1.82, 2.24) is 4.98 Å². The Labute approximate surface area is 179 Å². The third-order valence-corrected chi connectivity index (χ3v) is 6.77. The highest BCUT2D eigenvalue weighted by Gasteiger charge is 2.35. The lowest BCUT2D eigenvalue weighted by molar-refractivity contribution is 0.0617. The lowest BCUT2D eigenvalue weighted by Crippen LogP contribution is -2.50. The highest BCUT2D eigenvalue weighted by molar-refractivity contribution is 5.96. The van der Waals surface area contributed by atoms with Gasteiger partial charge in [0.1, 0.15) is 0 Å². The van der Waals surface area contributed by atoms with Crippen molar-refractivity contribution in [1.29, 1.82) is 0 Å². The molecule has 1 heterocycles. The first-order chi connectivity index (χ1) is 14.8. The maximum atomic E-state index is 5.88. The Bertz CT molecular complexity index is 959. The molecule has 30 heavy (non-hydrogen) atoms. The monoisotopic (exact) mass is 404 g/mol. The van der Waals surface area contributed by atoms with Gasteiger partial charge in [0.15, 0.2) is 0 Å². The molecule has 0 saturated heterocycles. The molecule has 0 unspecified atom stereocenters. The van der Waals surface area contributed by atoms with Crippen LogP contribution in [0.15, 0.2) is 48.5 Å². The van der Waals surface area contributed by atoms with Gasteiger partial charge in [-0.15, -0.1) is 0 Å². The number of ether oxygens (including phenoxy) is 2. The van der Waals surface area contributed by atoms with Gasteiger partial charge in [0.05, 0.1) is 31.0 Å². The van der Waals surface area contributed by atoms with Crippen molar-refractivity contribution in [2.75, 3.05) is 25.2 Å². The Morgan fingerprint density at radius 1 is 0.933 bits per heavy atom. The number of aromatic amines is 1. The number of nitrogens with one attached hydrogen (secondary N) is 1. The number of H-pyrrole nitrogens is 1. The van der Waals surface area contributed by atoms with Gasteiger partial charge in [0.25, 0.3) is 0 Å². The van der Waals surface area contributed by atoms with E-state index in [2.05, 4.69) is 58.4 Å². The number of benzene rings is 2. The maximum absolute atomic E-state index is 5.88. The zero-order valence-electron chi connectivity index (χ0n) is 17.9. The second kappa shape index (κ2) is 8.83. The minimum absolute atomic E-state index is 0.626. The molecular formula is C26H32N2O2. The lowest BCUT2D eigenvalue weighted by Gasteiger charge is -2.48. The van der Waals surface area contributed by atoms with E-state index in [4.69, 9.17) is 9.47 Å². The van der Waals surface area contributed by atoms with Crippen molar-refractivity contribution in [2.24, 2.45) is 0 Å². The maximum Gasteiger partial charge on any atom is 0.0719 e. The van der Waals surface area contributed by atoms with Gasteiger partial charge in [-0.05, 0) is 67.9 Å². The molecule has 3 aromatic rings. The zero-order valence-corrected chi connectivity index (χ0v) is 17.9. The van der Waals surface area contributed by atoms with Crippen molar-refractivity contribution in [3.63, 3.8) is 0 Å². The average molecular weight is 405 g/mol. The van der Waals surface area contributed by atoms with Crippen LogP contribution >= 0.6 is 0 Å². The smallest absolute Gasteiger partial charge is 0.0719 e. The Morgan fingerprint density at radius 3 is 2.30 bits per heavy atom. The predicted octanol–water partition coefficient (Wildman–Crippen LogP) is 5.91. The molecule has 2 aliphatic carbocycles. The summed E-state index contributed by atoms with van der Waals surface area (Å²) in [5.74, 6) is 0. The van der Waals surface area contributed by atoms with Gasteiger partial charge in [-0.3, -0.25) is 0 Å². The third kappa shape index (κ3) is 3.86. The number of hydrogen-bond acceptors (Lipinski definition) is 3. The van der Waals surface area contributed by atoms with Gasteiger partial charge < -0.3 is 19.4 Å². The summed E-state index contributed by atoms with van der Waals surface area (Å²) in [5.41, 5.74) is 6.31. The molecule has 0 spiro atoms. The van der Waals surface area contributed by atoms with Gasteiger partial charge in [0.2, 0.25) is 0 Å². The van der Waals surface area contributed by atoms with E-state index in [1.165, 1.54) is 71.9 Å². The second-order valence-corrected chi connectivity index (χ2v) is 8.75. The lowest BCUT2D eigenvalue weighted by atomic mass is 9.84. The molecule has 2 aromatic carbocycles. The Balaban J connectivity index is 1.55. The standard InChI is InChI=1S/C26H32N2O2/c1-29-13-14-30-18-19-15-21-17-24(20-7-3-2-4-8-20)27-26(21)25(16-19)28(22-9-5-10-22)23-11-6-12-23/h2-4,7-8,15-17,22-23,27H,5-6,9-14,18H2,1H3. The molecule has 1 N–H and O–H groups in total. The molecule has 0 atom stereocenters. The van der Waals surface area contributed by atoms with Crippen LogP contribution in [0.2, 0.25) is 0 Å². The molecule has 0 bridgehead atoms. The minimum atomic E-state index is 0.626. The topological polar surface area (TPSA) is 37.5 Å². The van der Waals surface area contributed by atoms with Crippen molar-refractivity contribution in [3.8, 4) is 11.3 Å². The minimum Gasteiger partial charge on any atom is -0.382 e. The molecular weight excluding hydrogens is 372 g/mol. The van der Waals surface area contributed by atoms with E-state index < -0.39 is 0 Å². The van der Waals surface area contributed by atoms with Crippen LogP contribution in [0.25, 0.3) is 22.2 Å². The predicted molar refractivity (Wildman–Crippen MR) is 123 cm³/mol. The van der Waals surface area contributed by atoms with Crippen molar-refractivity contribution < 1.29 is 9.47 Å².